The average Bonchev–Trinajstić information content (AvgIpc) is 2.28. The Morgan fingerprint density at radius 2 is 2.00 bits per heavy atom. The molecule has 3 nitrogen and oxygen atoms in total. The Balaban J connectivity index is 0.00000200. The van der Waals surface area contributed by atoms with Gasteiger partial charge in [-0.3, -0.25) is 4.79 Å². The highest BCUT2D eigenvalue weighted by molar-refractivity contribution is 6.42. The van der Waals surface area contributed by atoms with Crippen LogP contribution in [0.5, 0.6) is 0 Å². The van der Waals surface area contributed by atoms with Crippen LogP contribution in [-0.4, -0.2) is 25.5 Å². The monoisotopic (exact) mass is 336 g/mol. The third-order valence-electron chi connectivity index (χ3n) is 3.56. The van der Waals surface area contributed by atoms with Crippen molar-refractivity contribution in [1.29, 1.82) is 0 Å². The lowest BCUT2D eigenvalue weighted by Crippen LogP contribution is -2.52. The minimum absolute atomic E-state index is 0. The molecule has 1 heterocycles. The van der Waals surface area contributed by atoms with Gasteiger partial charge >= 0.3 is 0 Å². The lowest BCUT2D eigenvalue weighted by molar-refractivity contribution is -0.126. The minimum atomic E-state index is -0.179. The van der Waals surface area contributed by atoms with Crippen LogP contribution >= 0.6 is 35.6 Å². The number of benzene rings is 1. The normalized spacial score (nSPS) is 15.2. The van der Waals surface area contributed by atoms with Gasteiger partial charge in [-0.05, 0) is 17.7 Å². The van der Waals surface area contributed by atoms with E-state index in [4.69, 9.17) is 23.2 Å². The van der Waals surface area contributed by atoms with Gasteiger partial charge in [-0.15, -0.1) is 12.4 Å². The lowest BCUT2D eigenvalue weighted by atomic mass is 9.84. The molecule has 0 unspecified atom stereocenters. The third-order valence-corrected chi connectivity index (χ3v) is 4.30. The van der Waals surface area contributed by atoms with Crippen LogP contribution < -0.4 is 10.6 Å². The summed E-state index contributed by atoms with van der Waals surface area (Å²) in [6, 6.07) is 5.60. The molecule has 1 saturated heterocycles. The van der Waals surface area contributed by atoms with Crippen LogP contribution in [-0.2, 0) is 10.2 Å². The highest BCUT2D eigenvalue weighted by Gasteiger charge is 2.27. The van der Waals surface area contributed by atoms with Crippen molar-refractivity contribution in [2.45, 2.75) is 19.3 Å². The molecule has 0 bridgehead atoms. The van der Waals surface area contributed by atoms with Crippen molar-refractivity contribution >= 4 is 41.5 Å². The molecule has 0 aromatic heterocycles. The molecule has 1 amide bonds. The second-order valence-electron chi connectivity index (χ2n) is 5.59. The van der Waals surface area contributed by atoms with E-state index < -0.39 is 0 Å². The van der Waals surface area contributed by atoms with Gasteiger partial charge in [0, 0.05) is 25.0 Å². The standard InChI is InChI=1S/C14H18Cl2N2O.ClH/c1-14(2,8-18-13(19)9-6-17-7-9)10-3-4-11(15)12(16)5-10;/h3-5,9,17H,6-8H2,1-2H3,(H,18,19);1H. The van der Waals surface area contributed by atoms with E-state index >= 15 is 0 Å². The summed E-state index contributed by atoms with van der Waals surface area (Å²) in [5, 5.41) is 7.18. The van der Waals surface area contributed by atoms with Crippen molar-refractivity contribution in [1.82, 2.24) is 10.6 Å². The molecule has 20 heavy (non-hydrogen) atoms. The molecule has 1 aromatic carbocycles. The first kappa shape index (κ1) is 17.6. The van der Waals surface area contributed by atoms with Gasteiger partial charge in [0.2, 0.25) is 5.91 Å². The summed E-state index contributed by atoms with van der Waals surface area (Å²) in [5.41, 5.74) is 0.884. The first-order valence-corrected chi connectivity index (χ1v) is 7.10. The molecule has 112 valence electrons. The summed E-state index contributed by atoms with van der Waals surface area (Å²) < 4.78 is 0. The summed E-state index contributed by atoms with van der Waals surface area (Å²) in [5.74, 6) is 0.233. The van der Waals surface area contributed by atoms with E-state index in [1.165, 1.54) is 0 Å². The van der Waals surface area contributed by atoms with Gasteiger partial charge in [0.15, 0.2) is 0 Å². The topological polar surface area (TPSA) is 41.1 Å². The van der Waals surface area contributed by atoms with Gasteiger partial charge in [0.1, 0.15) is 0 Å². The number of amides is 1. The zero-order valence-electron chi connectivity index (χ0n) is 11.5. The van der Waals surface area contributed by atoms with Crippen molar-refractivity contribution in [3.8, 4) is 0 Å². The maximum atomic E-state index is 11.8. The van der Waals surface area contributed by atoms with Crippen molar-refractivity contribution in [3.63, 3.8) is 0 Å². The van der Waals surface area contributed by atoms with Crippen molar-refractivity contribution in [2.24, 2.45) is 5.92 Å². The van der Waals surface area contributed by atoms with E-state index in [1.807, 2.05) is 12.1 Å². The van der Waals surface area contributed by atoms with E-state index in [0.717, 1.165) is 18.7 Å². The molecule has 6 heteroatoms. The Morgan fingerprint density at radius 1 is 1.35 bits per heavy atom. The Morgan fingerprint density at radius 3 is 2.50 bits per heavy atom. The number of rotatable bonds is 4. The summed E-state index contributed by atoms with van der Waals surface area (Å²) in [6.07, 6.45) is 0. The van der Waals surface area contributed by atoms with Crippen LogP contribution in [0, 0.1) is 5.92 Å². The van der Waals surface area contributed by atoms with Crippen LogP contribution in [0.3, 0.4) is 0 Å². The molecule has 2 N–H and O–H groups in total. The van der Waals surface area contributed by atoms with E-state index in [-0.39, 0.29) is 29.6 Å². The molecule has 1 fully saturated rings. The van der Waals surface area contributed by atoms with Crippen molar-refractivity contribution in [2.75, 3.05) is 19.6 Å². The number of hydrogen-bond acceptors (Lipinski definition) is 2. The van der Waals surface area contributed by atoms with Gasteiger partial charge in [-0.25, -0.2) is 0 Å². The highest BCUT2D eigenvalue weighted by Crippen LogP contribution is 2.29. The molecular formula is C14H19Cl3N2O. The zero-order valence-corrected chi connectivity index (χ0v) is 13.8. The molecule has 1 aromatic rings. The van der Waals surface area contributed by atoms with Crippen LogP contribution in [0.15, 0.2) is 18.2 Å². The minimum Gasteiger partial charge on any atom is -0.355 e. The predicted molar refractivity (Wildman–Crippen MR) is 86.1 cm³/mol. The number of carbonyl (C=O) groups excluding carboxylic acids is 1. The molecule has 1 aliphatic heterocycles. The van der Waals surface area contributed by atoms with Gasteiger partial charge in [-0.2, -0.15) is 0 Å². The first-order valence-electron chi connectivity index (χ1n) is 6.34. The molecule has 0 atom stereocenters. The molecular weight excluding hydrogens is 319 g/mol. The van der Waals surface area contributed by atoms with E-state index in [9.17, 15) is 4.79 Å². The Labute approximate surface area is 135 Å². The quantitative estimate of drug-likeness (QED) is 0.886. The molecule has 2 rings (SSSR count). The SMILES string of the molecule is CC(C)(CNC(=O)C1CNC1)c1ccc(Cl)c(Cl)c1.Cl. The highest BCUT2D eigenvalue weighted by atomic mass is 35.5. The number of halogens is 3. The van der Waals surface area contributed by atoms with Crippen LogP contribution in [0.25, 0.3) is 0 Å². The second-order valence-corrected chi connectivity index (χ2v) is 6.40. The molecule has 1 aliphatic rings. The molecule has 0 radical (unpaired) electrons. The van der Waals surface area contributed by atoms with Crippen molar-refractivity contribution < 1.29 is 4.79 Å². The number of carbonyl (C=O) groups is 1. The second kappa shape index (κ2) is 6.99. The largest absolute Gasteiger partial charge is 0.355 e. The van der Waals surface area contributed by atoms with Crippen molar-refractivity contribution in [3.05, 3.63) is 33.8 Å². The first-order chi connectivity index (χ1) is 8.90. The summed E-state index contributed by atoms with van der Waals surface area (Å²) in [6.45, 7) is 6.29. The van der Waals surface area contributed by atoms with Gasteiger partial charge in [-0.1, -0.05) is 43.1 Å². The van der Waals surface area contributed by atoms with E-state index in [2.05, 4.69) is 24.5 Å². The Kier molecular flexibility index (Phi) is 6.14. The van der Waals surface area contributed by atoms with E-state index in [0.29, 0.717) is 16.6 Å². The lowest BCUT2D eigenvalue weighted by Gasteiger charge is -2.30. The number of hydrogen-bond donors (Lipinski definition) is 2. The maximum Gasteiger partial charge on any atom is 0.225 e. The van der Waals surface area contributed by atoms with E-state index in [1.54, 1.807) is 6.07 Å². The van der Waals surface area contributed by atoms with Gasteiger partial charge in [0.05, 0.1) is 16.0 Å². The molecule has 0 spiro atoms. The summed E-state index contributed by atoms with van der Waals surface area (Å²) >= 11 is 12.0. The van der Waals surface area contributed by atoms with Crippen LogP contribution in [0.4, 0.5) is 0 Å². The predicted octanol–water partition coefficient (Wildman–Crippen LogP) is 3.03. The molecule has 0 saturated carbocycles. The van der Waals surface area contributed by atoms with Crippen LogP contribution in [0.2, 0.25) is 10.0 Å². The maximum absolute atomic E-state index is 11.8. The fourth-order valence-electron chi connectivity index (χ4n) is 1.95. The van der Waals surface area contributed by atoms with Gasteiger partial charge in [0.25, 0.3) is 0 Å². The third kappa shape index (κ3) is 4.01. The molecule has 0 aliphatic carbocycles. The Bertz CT molecular complexity index is 487. The van der Waals surface area contributed by atoms with Gasteiger partial charge < -0.3 is 10.6 Å². The fraction of sp³-hybridized carbons (Fsp3) is 0.500. The Hall–Kier alpha value is -0.480. The zero-order chi connectivity index (χ0) is 14.0. The average molecular weight is 338 g/mol. The van der Waals surface area contributed by atoms with Crippen LogP contribution in [0.1, 0.15) is 19.4 Å². The smallest absolute Gasteiger partial charge is 0.225 e. The summed E-state index contributed by atoms with van der Waals surface area (Å²) in [4.78, 5) is 11.8. The summed E-state index contributed by atoms with van der Waals surface area (Å²) in [7, 11) is 0. The number of nitrogens with one attached hydrogen (secondary N) is 2. The fourth-order valence-corrected chi connectivity index (χ4v) is 2.24.